The summed E-state index contributed by atoms with van der Waals surface area (Å²) in [6, 6.07) is 3.15. The monoisotopic (exact) mass is 362 g/mol. The first-order valence-electron chi connectivity index (χ1n) is 9.05. The number of rotatable bonds is 4. The summed E-state index contributed by atoms with van der Waals surface area (Å²) in [6.45, 7) is 8.07. The van der Waals surface area contributed by atoms with Gasteiger partial charge in [-0.25, -0.2) is 9.18 Å². The predicted molar refractivity (Wildman–Crippen MR) is 99.7 cm³/mol. The molecule has 0 saturated carbocycles. The average molecular weight is 362 g/mol. The lowest BCUT2D eigenvalue weighted by molar-refractivity contribution is 0.0917. The number of methoxy groups -OCH3 is 1. The summed E-state index contributed by atoms with van der Waals surface area (Å²) >= 11 is 0. The van der Waals surface area contributed by atoms with Crippen molar-refractivity contribution in [1.29, 1.82) is 0 Å². The summed E-state index contributed by atoms with van der Waals surface area (Å²) in [5.41, 5.74) is 2.74. The molecular weight excluding hydrogens is 335 g/mol. The van der Waals surface area contributed by atoms with E-state index < -0.39 is 11.6 Å². The lowest BCUT2D eigenvalue weighted by Gasteiger charge is -2.36. The molecule has 0 radical (unpaired) electrons. The van der Waals surface area contributed by atoms with Gasteiger partial charge in [0.25, 0.3) is 0 Å². The van der Waals surface area contributed by atoms with Gasteiger partial charge in [0.05, 0.1) is 12.6 Å². The third-order valence-electron chi connectivity index (χ3n) is 5.26. The first kappa shape index (κ1) is 18.5. The van der Waals surface area contributed by atoms with Crippen LogP contribution in [0.5, 0.6) is 5.75 Å². The van der Waals surface area contributed by atoms with Crippen LogP contribution in [0.4, 0.5) is 9.18 Å². The molecular formula is C20H27FN2O3. The van der Waals surface area contributed by atoms with Crippen LogP contribution in [0.25, 0.3) is 10.9 Å². The number of fused-ring (bicyclic) bond motifs is 3. The Bertz CT molecular complexity index is 851. The van der Waals surface area contributed by atoms with Crippen molar-refractivity contribution in [3.05, 3.63) is 29.2 Å². The van der Waals surface area contributed by atoms with E-state index in [9.17, 15) is 14.3 Å². The zero-order valence-corrected chi connectivity index (χ0v) is 16.1. The fourth-order valence-corrected chi connectivity index (χ4v) is 4.14. The minimum Gasteiger partial charge on any atom is -0.493 e. The van der Waals surface area contributed by atoms with Crippen LogP contribution in [0.3, 0.4) is 0 Å². The van der Waals surface area contributed by atoms with E-state index in [1.165, 1.54) is 23.8 Å². The zero-order chi connectivity index (χ0) is 19.2. The molecule has 1 N–H and O–H groups in total. The summed E-state index contributed by atoms with van der Waals surface area (Å²) in [4.78, 5) is 13.2. The van der Waals surface area contributed by atoms with Crippen LogP contribution in [-0.4, -0.2) is 39.9 Å². The van der Waals surface area contributed by atoms with Crippen molar-refractivity contribution in [3.8, 4) is 5.75 Å². The fraction of sp³-hybridized carbons (Fsp3) is 0.550. The summed E-state index contributed by atoms with van der Waals surface area (Å²) < 4.78 is 21.8. The second-order valence-electron chi connectivity index (χ2n) is 8.04. The highest BCUT2D eigenvalue weighted by Crippen LogP contribution is 2.41. The Hall–Kier alpha value is -2.24. The normalized spacial score (nSPS) is 15.2. The van der Waals surface area contributed by atoms with Crippen molar-refractivity contribution in [2.45, 2.75) is 58.5 Å². The van der Waals surface area contributed by atoms with Crippen molar-refractivity contribution in [3.63, 3.8) is 0 Å². The van der Waals surface area contributed by atoms with Crippen LogP contribution >= 0.6 is 0 Å². The highest BCUT2D eigenvalue weighted by atomic mass is 19.1. The number of amides is 1. The lowest BCUT2D eigenvalue weighted by atomic mass is 10.1. The van der Waals surface area contributed by atoms with Gasteiger partial charge in [-0.05, 0) is 64.7 Å². The third kappa shape index (κ3) is 2.91. The number of aromatic nitrogens is 1. The molecule has 0 spiro atoms. The van der Waals surface area contributed by atoms with Gasteiger partial charge in [-0.15, -0.1) is 0 Å². The molecule has 1 amide bonds. The van der Waals surface area contributed by atoms with Gasteiger partial charge in [-0.2, -0.15) is 0 Å². The van der Waals surface area contributed by atoms with Crippen molar-refractivity contribution in [2.24, 2.45) is 0 Å². The molecule has 1 heterocycles. The standard InChI is InChI=1S/C20H27FN2O3/c1-12(11-22(19(24)25)20(2,3)4)23-15-8-6-7-13(15)17-16(23)10-9-14(21)18(17)26-5/h9-10,12H,6-8,11H2,1-5H3,(H,24,25). The van der Waals surface area contributed by atoms with Crippen LogP contribution in [0.15, 0.2) is 12.1 Å². The first-order valence-corrected chi connectivity index (χ1v) is 9.05. The minimum absolute atomic E-state index is 0.0650. The lowest BCUT2D eigenvalue weighted by Crippen LogP contribution is -2.47. The van der Waals surface area contributed by atoms with E-state index in [-0.39, 0.29) is 17.6 Å². The van der Waals surface area contributed by atoms with Crippen LogP contribution in [0, 0.1) is 5.82 Å². The Labute approximate surface area is 153 Å². The highest BCUT2D eigenvalue weighted by Gasteiger charge is 2.31. The largest absolute Gasteiger partial charge is 0.493 e. The Morgan fingerprint density at radius 2 is 2.08 bits per heavy atom. The van der Waals surface area contributed by atoms with Crippen molar-refractivity contribution < 1.29 is 19.0 Å². The number of hydrogen-bond donors (Lipinski definition) is 1. The quantitative estimate of drug-likeness (QED) is 0.864. The summed E-state index contributed by atoms with van der Waals surface area (Å²) in [7, 11) is 1.49. The second-order valence-corrected chi connectivity index (χ2v) is 8.04. The van der Waals surface area contributed by atoms with Gasteiger partial charge < -0.3 is 19.3 Å². The Morgan fingerprint density at radius 1 is 1.38 bits per heavy atom. The number of aryl methyl sites for hydroxylation is 1. The molecule has 5 nitrogen and oxygen atoms in total. The molecule has 6 heteroatoms. The number of carbonyl (C=O) groups is 1. The molecule has 0 saturated heterocycles. The van der Waals surface area contributed by atoms with Crippen LogP contribution in [0.2, 0.25) is 0 Å². The molecule has 0 aliphatic heterocycles. The maximum atomic E-state index is 14.3. The number of hydrogen-bond acceptors (Lipinski definition) is 2. The van der Waals surface area contributed by atoms with Crippen molar-refractivity contribution >= 4 is 17.0 Å². The number of halogens is 1. The van der Waals surface area contributed by atoms with Crippen LogP contribution < -0.4 is 4.74 Å². The van der Waals surface area contributed by atoms with E-state index in [4.69, 9.17) is 4.74 Å². The summed E-state index contributed by atoms with van der Waals surface area (Å²) in [5, 5.41) is 10.5. The molecule has 0 bridgehead atoms. The number of benzene rings is 1. The van der Waals surface area contributed by atoms with E-state index in [1.54, 1.807) is 6.07 Å². The fourth-order valence-electron chi connectivity index (χ4n) is 4.14. The van der Waals surface area contributed by atoms with Crippen molar-refractivity contribution in [2.75, 3.05) is 13.7 Å². The molecule has 1 aliphatic carbocycles. The average Bonchev–Trinajstić information content (AvgIpc) is 3.11. The van der Waals surface area contributed by atoms with Gasteiger partial charge >= 0.3 is 6.09 Å². The molecule has 1 aromatic heterocycles. The number of nitrogens with zero attached hydrogens (tertiary/aromatic N) is 2. The first-order chi connectivity index (χ1) is 12.2. The highest BCUT2D eigenvalue weighted by molar-refractivity contribution is 5.92. The van der Waals surface area contributed by atoms with E-state index in [0.717, 1.165) is 35.7 Å². The zero-order valence-electron chi connectivity index (χ0n) is 16.1. The topological polar surface area (TPSA) is 54.7 Å². The van der Waals surface area contributed by atoms with Crippen LogP contribution in [-0.2, 0) is 12.8 Å². The molecule has 1 aromatic carbocycles. The van der Waals surface area contributed by atoms with Gasteiger partial charge in [0.2, 0.25) is 0 Å². The van der Waals surface area contributed by atoms with Crippen LogP contribution in [0.1, 0.15) is 51.4 Å². The van der Waals surface area contributed by atoms with Crippen molar-refractivity contribution in [1.82, 2.24) is 9.47 Å². The smallest absolute Gasteiger partial charge is 0.407 e. The second kappa shape index (κ2) is 6.49. The van der Waals surface area contributed by atoms with Gasteiger partial charge in [0, 0.05) is 29.2 Å². The maximum Gasteiger partial charge on any atom is 0.407 e. The number of carboxylic acid groups (broad SMARTS) is 1. The summed E-state index contributed by atoms with van der Waals surface area (Å²) in [6.07, 6.45) is 1.91. The number of ether oxygens (including phenoxy) is 1. The van der Waals surface area contributed by atoms with Gasteiger partial charge in [0.15, 0.2) is 11.6 Å². The molecule has 2 aromatic rings. The Kier molecular flexibility index (Phi) is 4.63. The third-order valence-corrected chi connectivity index (χ3v) is 5.26. The van der Waals surface area contributed by atoms with E-state index >= 15 is 0 Å². The van der Waals surface area contributed by atoms with E-state index in [0.29, 0.717) is 6.54 Å². The van der Waals surface area contributed by atoms with Gasteiger partial charge in [0.1, 0.15) is 0 Å². The molecule has 1 unspecified atom stereocenters. The maximum absolute atomic E-state index is 14.3. The predicted octanol–water partition coefficient (Wildman–Crippen LogP) is 4.62. The Morgan fingerprint density at radius 3 is 2.65 bits per heavy atom. The molecule has 142 valence electrons. The molecule has 3 rings (SSSR count). The molecule has 1 aliphatic rings. The van der Waals surface area contributed by atoms with Gasteiger partial charge in [-0.1, -0.05) is 0 Å². The minimum atomic E-state index is -0.930. The molecule has 26 heavy (non-hydrogen) atoms. The molecule has 0 fully saturated rings. The van der Waals surface area contributed by atoms with E-state index in [2.05, 4.69) is 4.57 Å². The Balaban J connectivity index is 2.12. The summed E-state index contributed by atoms with van der Waals surface area (Å²) in [5.74, 6) is -0.0705. The SMILES string of the molecule is COc1c(F)ccc2c1c1c(n2C(C)CN(C(=O)O)C(C)(C)C)CCC1. The molecule has 1 atom stereocenters. The van der Waals surface area contributed by atoms with Gasteiger partial charge in [-0.3, -0.25) is 0 Å². The van der Waals surface area contributed by atoms with E-state index in [1.807, 2.05) is 27.7 Å².